The highest BCUT2D eigenvalue weighted by Gasteiger charge is 2.02. The Kier molecular flexibility index (Phi) is 4.02. The minimum absolute atomic E-state index is 0.127. The standard InChI is InChI=1S/C13H10BrClFN/c14-11-4-2-1-3-9(11)8-17-10-5-6-13(16)12(15)7-10/h1-7,17H,8H2. The van der Waals surface area contributed by atoms with Crippen LogP contribution in [-0.2, 0) is 6.54 Å². The average Bonchev–Trinajstić information content (AvgIpc) is 2.32. The van der Waals surface area contributed by atoms with E-state index < -0.39 is 5.82 Å². The Morgan fingerprint density at radius 3 is 2.65 bits per heavy atom. The molecule has 4 heteroatoms. The van der Waals surface area contributed by atoms with Crippen molar-refractivity contribution >= 4 is 33.2 Å². The number of hydrogen-bond acceptors (Lipinski definition) is 1. The second-order valence-corrected chi connectivity index (χ2v) is 4.84. The van der Waals surface area contributed by atoms with Crippen LogP contribution < -0.4 is 5.32 Å². The van der Waals surface area contributed by atoms with E-state index in [1.54, 1.807) is 12.1 Å². The van der Waals surface area contributed by atoms with Gasteiger partial charge in [-0.15, -0.1) is 0 Å². The van der Waals surface area contributed by atoms with Gasteiger partial charge in [0.15, 0.2) is 0 Å². The molecule has 2 aromatic carbocycles. The highest BCUT2D eigenvalue weighted by atomic mass is 79.9. The predicted molar refractivity (Wildman–Crippen MR) is 72.9 cm³/mol. The Labute approximate surface area is 113 Å². The van der Waals surface area contributed by atoms with Crippen molar-refractivity contribution in [2.45, 2.75) is 6.54 Å². The third-order valence-corrected chi connectivity index (χ3v) is 3.42. The largest absolute Gasteiger partial charge is 0.381 e. The Bertz CT molecular complexity index is 531. The van der Waals surface area contributed by atoms with Crippen LogP contribution in [0.5, 0.6) is 0 Å². The summed E-state index contributed by atoms with van der Waals surface area (Å²) in [6.45, 7) is 0.656. The number of rotatable bonds is 3. The first-order valence-corrected chi connectivity index (χ1v) is 6.26. The van der Waals surface area contributed by atoms with Gasteiger partial charge in [-0.25, -0.2) is 4.39 Å². The molecule has 1 N–H and O–H groups in total. The fraction of sp³-hybridized carbons (Fsp3) is 0.0769. The van der Waals surface area contributed by atoms with Crippen LogP contribution in [0.25, 0.3) is 0 Å². The third-order valence-electron chi connectivity index (χ3n) is 2.36. The van der Waals surface area contributed by atoms with Crippen molar-refractivity contribution in [2.75, 3.05) is 5.32 Å². The van der Waals surface area contributed by atoms with Gasteiger partial charge in [0, 0.05) is 16.7 Å². The lowest BCUT2D eigenvalue weighted by molar-refractivity contribution is 0.628. The molecule has 0 unspecified atom stereocenters. The molecule has 0 fully saturated rings. The van der Waals surface area contributed by atoms with E-state index in [4.69, 9.17) is 11.6 Å². The van der Waals surface area contributed by atoms with Crippen molar-refractivity contribution in [1.82, 2.24) is 0 Å². The van der Waals surface area contributed by atoms with Gasteiger partial charge < -0.3 is 5.32 Å². The smallest absolute Gasteiger partial charge is 0.141 e. The number of hydrogen-bond donors (Lipinski definition) is 1. The molecule has 17 heavy (non-hydrogen) atoms. The molecule has 0 aliphatic rings. The van der Waals surface area contributed by atoms with Gasteiger partial charge in [0.1, 0.15) is 5.82 Å². The monoisotopic (exact) mass is 313 g/mol. The van der Waals surface area contributed by atoms with Crippen molar-refractivity contribution < 1.29 is 4.39 Å². The van der Waals surface area contributed by atoms with E-state index in [0.717, 1.165) is 15.7 Å². The van der Waals surface area contributed by atoms with Gasteiger partial charge in [0.25, 0.3) is 0 Å². The van der Waals surface area contributed by atoms with Crippen LogP contribution in [0.3, 0.4) is 0 Å². The summed E-state index contributed by atoms with van der Waals surface area (Å²) < 4.78 is 14.0. The van der Waals surface area contributed by atoms with Gasteiger partial charge in [-0.05, 0) is 29.8 Å². The van der Waals surface area contributed by atoms with Crippen molar-refractivity contribution in [3.05, 3.63) is 63.3 Å². The maximum atomic E-state index is 13.0. The molecule has 0 aromatic heterocycles. The van der Waals surface area contributed by atoms with E-state index in [1.807, 2.05) is 24.3 Å². The average molecular weight is 315 g/mol. The van der Waals surface area contributed by atoms with Crippen molar-refractivity contribution in [2.24, 2.45) is 0 Å². The first-order chi connectivity index (χ1) is 8.16. The molecular weight excluding hydrogens is 305 g/mol. The van der Waals surface area contributed by atoms with E-state index in [9.17, 15) is 4.39 Å². The maximum Gasteiger partial charge on any atom is 0.141 e. The number of benzene rings is 2. The first kappa shape index (κ1) is 12.4. The minimum atomic E-state index is -0.405. The summed E-state index contributed by atoms with van der Waals surface area (Å²) >= 11 is 9.17. The molecule has 0 amide bonds. The molecule has 0 bridgehead atoms. The molecule has 0 heterocycles. The normalized spacial score (nSPS) is 10.3. The van der Waals surface area contributed by atoms with Crippen LogP contribution in [0.1, 0.15) is 5.56 Å². The Morgan fingerprint density at radius 1 is 1.18 bits per heavy atom. The number of halogens is 3. The second-order valence-electron chi connectivity index (χ2n) is 3.57. The summed E-state index contributed by atoms with van der Waals surface area (Å²) in [4.78, 5) is 0. The topological polar surface area (TPSA) is 12.0 Å². The Morgan fingerprint density at radius 2 is 1.94 bits per heavy atom. The van der Waals surface area contributed by atoms with Gasteiger partial charge >= 0.3 is 0 Å². The lowest BCUT2D eigenvalue weighted by Gasteiger charge is -2.08. The molecule has 0 spiro atoms. The SMILES string of the molecule is Fc1ccc(NCc2ccccc2Br)cc1Cl. The van der Waals surface area contributed by atoms with Crippen LogP contribution in [-0.4, -0.2) is 0 Å². The molecule has 1 nitrogen and oxygen atoms in total. The van der Waals surface area contributed by atoms with Crippen LogP contribution in [0, 0.1) is 5.82 Å². The van der Waals surface area contributed by atoms with Gasteiger partial charge in [0.05, 0.1) is 5.02 Å². The molecule has 0 saturated heterocycles. The fourth-order valence-electron chi connectivity index (χ4n) is 1.45. The van der Waals surface area contributed by atoms with E-state index in [0.29, 0.717) is 6.54 Å². The lowest BCUT2D eigenvalue weighted by atomic mass is 10.2. The zero-order chi connectivity index (χ0) is 12.3. The molecule has 0 aliphatic carbocycles. The first-order valence-electron chi connectivity index (χ1n) is 5.09. The highest BCUT2D eigenvalue weighted by Crippen LogP contribution is 2.21. The molecule has 2 rings (SSSR count). The van der Waals surface area contributed by atoms with Crippen molar-refractivity contribution in [3.63, 3.8) is 0 Å². The minimum Gasteiger partial charge on any atom is -0.381 e. The zero-order valence-electron chi connectivity index (χ0n) is 8.88. The highest BCUT2D eigenvalue weighted by molar-refractivity contribution is 9.10. The van der Waals surface area contributed by atoms with E-state index in [-0.39, 0.29) is 5.02 Å². The second kappa shape index (κ2) is 5.52. The molecular formula is C13H10BrClFN. The van der Waals surface area contributed by atoms with Crippen LogP contribution >= 0.6 is 27.5 Å². The summed E-state index contributed by atoms with van der Waals surface area (Å²) in [5.41, 5.74) is 1.93. The molecule has 0 atom stereocenters. The summed E-state index contributed by atoms with van der Waals surface area (Å²) in [6.07, 6.45) is 0. The summed E-state index contributed by atoms with van der Waals surface area (Å²) in [6, 6.07) is 12.5. The summed E-state index contributed by atoms with van der Waals surface area (Å²) in [5.74, 6) is -0.405. The molecule has 0 radical (unpaired) electrons. The Balaban J connectivity index is 2.08. The maximum absolute atomic E-state index is 13.0. The quantitative estimate of drug-likeness (QED) is 0.853. The van der Waals surface area contributed by atoms with Crippen molar-refractivity contribution in [3.8, 4) is 0 Å². The van der Waals surface area contributed by atoms with Gasteiger partial charge in [-0.2, -0.15) is 0 Å². The molecule has 0 aliphatic heterocycles. The third kappa shape index (κ3) is 3.20. The van der Waals surface area contributed by atoms with E-state index in [2.05, 4.69) is 21.2 Å². The molecule has 0 saturated carbocycles. The van der Waals surface area contributed by atoms with Gasteiger partial charge in [0.2, 0.25) is 0 Å². The van der Waals surface area contributed by atoms with Gasteiger partial charge in [-0.1, -0.05) is 45.7 Å². The Hall–Kier alpha value is -1.06. The predicted octanol–water partition coefficient (Wildman–Crippen LogP) is 4.85. The summed E-state index contributed by atoms with van der Waals surface area (Å²) in [7, 11) is 0. The van der Waals surface area contributed by atoms with E-state index >= 15 is 0 Å². The molecule has 88 valence electrons. The number of anilines is 1. The van der Waals surface area contributed by atoms with Crippen molar-refractivity contribution in [1.29, 1.82) is 0 Å². The summed E-state index contributed by atoms with van der Waals surface area (Å²) in [5, 5.41) is 3.32. The molecule has 2 aromatic rings. The zero-order valence-corrected chi connectivity index (χ0v) is 11.2. The number of nitrogens with one attached hydrogen (secondary N) is 1. The van der Waals surface area contributed by atoms with E-state index in [1.165, 1.54) is 6.07 Å². The van der Waals surface area contributed by atoms with Crippen LogP contribution in [0.15, 0.2) is 46.9 Å². The lowest BCUT2D eigenvalue weighted by Crippen LogP contribution is -2.00. The van der Waals surface area contributed by atoms with Crippen LogP contribution in [0.4, 0.5) is 10.1 Å². The van der Waals surface area contributed by atoms with Gasteiger partial charge in [-0.3, -0.25) is 0 Å². The van der Waals surface area contributed by atoms with Crippen LogP contribution in [0.2, 0.25) is 5.02 Å². The fourth-order valence-corrected chi connectivity index (χ4v) is 2.05.